The lowest BCUT2D eigenvalue weighted by atomic mass is 10.2. The van der Waals surface area contributed by atoms with Crippen molar-refractivity contribution in [1.82, 2.24) is 4.90 Å². The number of carbonyl (C=O) groups is 1. The first-order chi connectivity index (χ1) is 12.9. The third kappa shape index (κ3) is 5.68. The minimum absolute atomic E-state index is 0.0435. The number of nitro groups is 1. The lowest BCUT2D eigenvalue weighted by Gasteiger charge is -2.25. The van der Waals surface area contributed by atoms with Crippen molar-refractivity contribution in [3.05, 3.63) is 82.0 Å². The summed E-state index contributed by atoms with van der Waals surface area (Å²) in [5.41, 5.74) is 1.33. The molecule has 0 atom stereocenters. The number of non-ortho nitro benzene ring substituents is 1. The fraction of sp³-hybridized carbons (Fsp3) is 0.200. The Bertz CT molecular complexity index is 868. The lowest BCUT2D eigenvalue weighted by Crippen LogP contribution is -2.27. The minimum Gasteiger partial charge on any atom is -0.369 e. The topological polar surface area (TPSA) is 99.3 Å². The third-order valence-corrected chi connectivity index (χ3v) is 3.87. The van der Waals surface area contributed by atoms with Crippen LogP contribution in [0.1, 0.15) is 19.4 Å². The molecule has 2 rings (SSSR count). The van der Waals surface area contributed by atoms with E-state index in [1.807, 2.05) is 55.1 Å². The Morgan fingerprint density at radius 1 is 1.22 bits per heavy atom. The van der Waals surface area contributed by atoms with E-state index in [0.717, 1.165) is 5.56 Å². The molecule has 1 amide bonds. The number of carbonyl (C=O) groups excluding carboxylic acids is 1. The first-order valence-corrected chi connectivity index (χ1v) is 8.38. The van der Waals surface area contributed by atoms with Crippen molar-refractivity contribution in [1.29, 1.82) is 5.26 Å². The molecule has 138 valence electrons. The molecule has 0 saturated carbocycles. The van der Waals surface area contributed by atoms with Crippen LogP contribution in [0.4, 0.5) is 11.4 Å². The van der Waals surface area contributed by atoms with Crippen molar-refractivity contribution in [2.75, 3.05) is 5.32 Å². The predicted octanol–water partition coefficient (Wildman–Crippen LogP) is 3.85. The Morgan fingerprint density at radius 3 is 2.37 bits per heavy atom. The number of hydrogen-bond donors (Lipinski definition) is 1. The molecule has 2 aromatic carbocycles. The zero-order valence-electron chi connectivity index (χ0n) is 15.1. The van der Waals surface area contributed by atoms with Gasteiger partial charge in [-0.15, -0.1) is 0 Å². The number of nitrogens with one attached hydrogen (secondary N) is 1. The number of anilines is 1. The average Bonchev–Trinajstić information content (AvgIpc) is 2.66. The molecular weight excluding hydrogens is 344 g/mol. The molecule has 7 heteroatoms. The molecule has 0 radical (unpaired) electrons. The summed E-state index contributed by atoms with van der Waals surface area (Å²) >= 11 is 0. The van der Waals surface area contributed by atoms with Crippen LogP contribution in [0.2, 0.25) is 0 Å². The molecule has 0 unspecified atom stereocenters. The van der Waals surface area contributed by atoms with Crippen LogP contribution in [0.15, 0.2) is 66.4 Å². The summed E-state index contributed by atoms with van der Waals surface area (Å²) in [7, 11) is 0. The van der Waals surface area contributed by atoms with Crippen LogP contribution in [0.25, 0.3) is 0 Å². The average molecular weight is 364 g/mol. The highest BCUT2D eigenvalue weighted by molar-refractivity contribution is 6.06. The normalized spacial score (nSPS) is 11.0. The second-order valence-corrected chi connectivity index (χ2v) is 6.16. The SMILES string of the molecule is CC(C)N(/C=C(/C#N)C(=O)Nc1ccc([N+](=O)[O-])cc1)Cc1ccccc1. The smallest absolute Gasteiger partial charge is 0.269 e. The van der Waals surface area contributed by atoms with E-state index in [1.165, 1.54) is 24.3 Å². The molecule has 0 heterocycles. The van der Waals surface area contributed by atoms with Crippen LogP contribution in [0.3, 0.4) is 0 Å². The largest absolute Gasteiger partial charge is 0.369 e. The van der Waals surface area contributed by atoms with Crippen molar-refractivity contribution in [2.45, 2.75) is 26.4 Å². The Labute approximate surface area is 157 Å². The molecule has 0 saturated heterocycles. The van der Waals surface area contributed by atoms with Crippen LogP contribution >= 0.6 is 0 Å². The molecule has 0 spiro atoms. The van der Waals surface area contributed by atoms with Gasteiger partial charge < -0.3 is 10.2 Å². The highest BCUT2D eigenvalue weighted by Gasteiger charge is 2.14. The summed E-state index contributed by atoms with van der Waals surface area (Å²) in [6, 6.07) is 17.2. The van der Waals surface area contributed by atoms with Crippen LogP contribution in [-0.4, -0.2) is 21.8 Å². The van der Waals surface area contributed by atoms with Gasteiger partial charge in [-0.05, 0) is 31.5 Å². The van der Waals surface area contributed by atoms with E-state index in [-0.39, 0.29) is 17.3 Å². The highest BCUT2D eigenvalue weighted by atomic mass is 16.6. The lowest BCUT2D eigenvalue weighted by molar-refractivity contribution is -0.384. The Hall–Kier alpha value is -3.66. The zero-order valence-corrected chi connectivity index (χ0v) is 15.1. The van der Waals surface area contributed by atoms with E-state index in [2.05, 4.69) is 5.32 Å². The molecule has 0 aliphatic carbocycles. The maximum Gasteiger partial charge on any atom is 0.269 e. The molecule has 0 aromatic heterocycles. The fourth-order valence-corrected chi connectivity index (χ4v) is 2.34. The van der Waals surface area contributed by atoms with Gasteiger partial charge in [0.2, 0.25) is 0 Å². The molecule has 0 bridgehead atoms. The van der Waals surface area contributed by atoms with Crippen LogP contribution < -0.4 is 5.32 Å². The first-order valence-electron chi connectivity index (χ1n) is 8.38. The van der Waals surface area contributed by atoms with Crippen molar-refractivity contribution < 1.29 is 9.72 Å². The maximum absolute atomic E-state index is 12.4. The number of hydrogen-bond acceptors (Lipinski definition) is 5. The van der Waals surface area contributed by atoms with Crippen molar-refractivity contribution >= 4 is 17.3 Å². The van der Waals surface area contributed by atoms with Gasteiger partial charge in [0.25, 0.3) is 11.6 Å². The molecule has 0 aliphatic heterocycles. The Balaban J connectivity index is 2.15. The number of nitro benzene ring substituents is 1. The van der Waals surface area contributed by atoms with Gasteiger partial charge in [0.1, 0.15) is 11.6 Å². The minimum atomic E-state index is -0.565. The first kappa shape index (κ1) is 19.7. The summed E-state index contributed by atoms with van der Waals surface area (Å²) in [5, 5.41) is 22.7. The summed E-state index contributed by atoms with van der Waals surface area (Å²) in [6.07, 6.45) is 1.54. The number of nitriles is 1. The second kappa shape index (κ2) is 9.15. The Morgan fingerprint density at radius 2 is 1.85 bits per heavy atom. The number of amides is 1. The molecule has 2 aromatic rings. The standard InChI is InChI=1S/C20H20N4O3/c1-15(2)23(13-16-6-4-3-5-7-16)14-17(12-21)20(25)22-18-8-10-19(11-9-18)24(26)27/h3-11,14-15H,13H2,1-2H3,(H,22,25)/b17-14-. The predicted molar refractivity (Wildman–Crippen MR) is 103 cm³/mol. The van der Waals surface area contributed by atoms with Crippen molar-refractivity contribution in [3.63, 3.8) is 0 Å². The molecule has 27 heavy (non-hydrogen) atoms. The summed E-state index contributed by atoms with van der Waals surface area (Å²) in [4.78, 5) is 24.5. The van der Waals surface area contributed by atoms with E-state index in [1.54, 1.807) is 6.20 Å². The fourth-order valence-electron chi connectivity index (χ4n) is 2.34. The van der Waals surface area contributed by atoms with Crippen LogP contribution in [0, 0.1) is 21.4 Å². The van der Waals surface area contributed by atoms with Gasteiger partial charge in [-0.1, -0.05) is 30.3 Å². The van der Waals surface area contributed by atoms with E-state index in [9.17, 15) is 20.2 Å². The van der Waals surface area contributed by atoms with Gasteiger partial charge in [0.05, 0.1) is 4.92 Å². The van der Waals surface area contributed by atoms with Gasteiger partial charge in [0.15, 0.2) is 0 Å². The summed E-state index contributed by atoms with van der Waals surface area (Å²) in [5.74, 6) is -0.565. The summed E-state index contributed by atoms with van der Waals surface area (Å²) in [6.45, 7) is 4.51. The molecule has 0 aliphatic rings. The molecule has 7 nitrogen and oxygen atoms in total. The van der Waals surface area contributed by atoms with Gasteiger partial charge in [0, 0.05) is 36.6 Å². The number of rotatable bonds is 7. The zero-order chi connectivity index (χ0) is 19.8. The second-order valence-electron chi connectivity index (χ2n) is 6.16. The monoisotopic (exact) mass is 364 g/mol. The van der Waals surface area contributed by atoms with Crippen LogP contribution in [-0.2, 0) is 11.3 Å². The van der Waals surface area contributed by atoms with Gasteiger partial charge in [-0.3, -0.25) is 14.9 Å². The van der Waals surface area contributed by atoms with Crippen molar-refractivity contribution in [3.8, 4) is 6.07 Å². The number of benzene rings is 2. The van der Waals surface area contributed by atoms with E-state index < -0.39 is 10.8 Å². The van der Waals surface area contributed by atoms with Gasteiger partial charge in [-0.2, -0.15) is 5.26 Å². The summed E-state index contributed by atoms with van der Waals surface area (Å²) < 4.78 is 0. The number of nitrogens with zero attached hydrogens (tertiary/aromatic N) is 3. The van der Waals surface area contributed by atoms with Gasteiger partial charge >= 0.3 is 0 Å². The van der Waals surface area contributed by atoms with E-state index in [4.69, 9.17) is 0 Å². The Kier molecular flexibility index (Phi) is 6.67. The highest BCUT2D eigenvalue weighted by Crippen LogP contribution is 2.17. The third-order valence-electron chi connectivity index (χ3n) is 3.87. The quantitative estimate of drug-likeness (QED) is 0.348. The molecular formula is C20H20N4O3. The molecule has 0 fully saturated rings. The maximum atomic E-state index is 12.4. The molecule has 1 N–H and O–H groups in total. The van der Waals surface area contributed by atoms with E-state index >= 15 is 0 Å². The van der Waals surface area contributed by atoms with Crippen molar-refractivity contribution in [2.24, 2.45) is 0 Å². The van der Waals surface area contributed by atoms with Gasteiger partial charge in [-0.25, -0.2) is 0 Å². The van der Waals surface area contributed by atoms with Crippen LogP contribution in [0.5, 0.6) is 0 Å². The van der Waals surface area contributed by atoms with E-state index in [0.29, 0.717) is 12.2 Å².